The fourth-order valence-corrected chi connectivity index (χ4v) is 7.43. The summed E-state index contributed by atoms with van der Waals surface area (Å²) in [5.74, 6) is 0. The highest BCUT2D eigenvalue weighted by atomic mass is 16.4. The van der Waals surface area contributed by atoms with Crippen LogP contribution in [0.3, 0.4) is 0 Å². The minimum atomic E-state index is 0.806. The van der Waals surface area contributed by atoms with Crippen LogP contribution in [0.4, 0.5) is 0 Å². The molecule has 0 atom stereocenters. The average Bonchev–Trinajstić information content (AvgIpc) is 3.86. The van der Waals surface area contributed by atoms with Crippen LogP contribution in [-0.4, -0.2) is 0 Å². The van der Waals surface area contributed by atoms with Crippen LogP contribution in [0.1, 0.15) is 0 Å². The van der Waals surface area contributed by atoms with Crippen molar-refractivity contribution >= 4 is 87.8 Å². The fourth-order valence-electron chi connectivity index (χ4n) is 7.43. The first-order valence-corrected chi connectivity index (χ1v) is 15.4. The Labute approximate surface area is 260 Å². The Hall–Kier alpha value is -6.26. The third kappa shape index (κ3) is 3.12. The van der Waals surface area contributed by atoms with E-state index in [1.165, 1.54) is 0 Å². The Balaban J connectivity index is 1.28. The molecule has 46 heavy (non-hydrogen) atoms. The molecule has 0 radical (unpaired) electrons. The van der Waals surface area contributed by atoms with Gasteiger partial charge in [-0.3, -0.25) is 0 Å². The number of para-hydroxylation sites is 4. The topological polar surface area (TPSA) is 52.6 Å². The van der Waals surface area contributed by atoms with E-state index in [9.17, 15) is 0 Å². The molecule has 0 spiro atoms. The highest BCUT2D eigenvalue weighted by molar-refractivity contribution is 6.24. The van der Waals surface area contributed by atoms with Gasteiger partial charge in [-0.2, -0.15) is 0 Å². The molecule has 0 fully saturated rings. The molecule has 4 nitrogen and oxygen atoms in total. The van der Waals surface area contributed by atoms with E-state index in [4.69, 9.17) is 17.7 Å². The molecule has 0 saturated heterocycles. The highest BCUT2D eigenvalue weighted by Gasteiger charge is 2.24. The van der Waals surface area contributed by atoms with E-state index in [1.807, 2.05) is 48.5 Å². The summed E-state index contributed by atoms with van der Waals surface area (Å²) in [4.78, 5) is 0. The summed E-state index contributed by atoms with van der Waals surface area (Å²) in [6, 6.07) is 45.8. The van der Waals surface area contributed by atoms with Crippen LogP contribution in [0.5, 0.6) is 0 Å². The minimum Gasteiger partial charge on any atom is -0.455 e. The van der Waals surface area contributed by atoms with Crippen molar-refractivity contribution in [2.75, 3.05) is 0 Å². The van der Waals surface area contributed by atoms with Gasteiger partial charge in [0, 0.05) is 43.1 Å². The van der Waals surface area contributed by atoms with Gasteiger partial charge in [0.2, 0.25) is 0 Å². The van der Waals surface area contributed by atoms with Gasteiger partial charge in [-0.15, -0.1) is 0 Å². The molecule has 11 rings (SSSR count). The van der Waals surface area contributed by atoms with E-state index >= 15 is 0 Å². The molecule has 4 heterocycles. The minimum absolute atomic E-state index is 0.806. The summed E-state index contributed by atoms with van der Waals surface area (Å²) in [6.07, 6.45) is 0. The molecule has 0 aliphatic heterocycles. The van der Waals surface area contributed by atoms with Crippen molar-refractivity contribution in [1.82, 2.24) is 0 Å². The van der Waals surface area contributed by atoms with Gasteiger partial charge in [-0.1, -0.05) is 91.0 Å². The molecule has 7 aromatic carbocycles. The van der Waals surface area contributed by atoms with E-state index in [0.29, 0.717) is 0 Å². The van der Waals surface area contributed by atoms with E-state index in [-0.39, 0.29) is 0 Å². The van der Waals surface area contributed by atoms with Crippen LogP contribution in [-0.2, 0) is 0 Å². The Bertz CT molecular complexity index is 2650. The first kappa shape index (κ1) is 24.1. The van der Waals surface area contributed by atoms with E-state index in [0.717, 1.165) is 110 Å². The van der Waals surface area contributed by atoms with Gasteiger partial charge in [0.15, 0.2) is 0 Å². The lowest BCUT2D eigenvalue weighted by molar-refractivity contribution is 0.657. The van der Waals surface area contributed by atoms with Gasteiger partial charge in [0.1, 0.15) is 44.7 Å². The molecule has 0 aliphatic rings. The highest BCUT2D eigenvalue weighted by Crippen LogP contribution is 2.48. The molecule has 0 bridgehead atoms. The number of furan rings is 4. The quantitative estimate of drug-likeness (QED) is 0.201. The monoisotopic (exact) mass is 590 g/mol. The van der Waals surface area contributed by atoms with Crippen LogP contribution in [0.15, 0.2) is 151 Å². The van der Waals surface area contributed by atoms with Crippen molar-refractivity contribution in [3.8, 4) is 22.3 Å². The van der Waals surface area contributed by atoms with Gasteiger partial charge >= 0.3 is 0 Å². The van der Waals surface area contributed by atoms with E-state index < -0.39 is 0 Å². The zero-order chi connectivity index (χ0) is 29.9. The zero-order valence-electron chi connectivity index (χ0n) is 24.3. The summed E-state index contributed by atoms with van der Waals surface area (Å²) < 4.78 is 26.4. The predicted molar refractivity (Wildman–Crippen MR) is 186 cm³/mol. The summed E-state index contributed by atoms with van der Waals surface area (Å²) in [5, 5.41) is 8.58. The standard InChI is InChI=1S/C42H22O4/c1-5-16-33-25(12-1)29-21-30-26-13-2-6-17-34(26)44-40(30)37(39(29)43-33)23-10-9-11-24(20-23)38-41-31(27-14-3-7-18-35(27)45-41)22-32-28-15-4-8-19-36(28)46-42(32)38/h1-22H. The predicted octanol–water partition coefficient (Wildman–Crippen LogP) is 12.6. The Morgan fingerprint density at radius 2 is 0.565 bits per heavy atom. The molecule has 0 N–H and O–H groups in total. The van der Waals surface area contributed by atoms with Crippen LogP contribution in [0, 0.1) is 0 Å². The number of hydrogen-bond donors (Lipinski definition) is 0. The van der Waals surface area contributed by atoms with Gasteiger partial charge in [0.05, 0.1) is 11.1 Å². The summed E-state index contributed by atoms with van der Waals surface area (Å²) in [7, 11) is 0. The molecule has 0 unspecified atom stereocenters. The number of hydrogen-bond acceptors (Lipinski definition) is 4. The van der Waals surface area contributed by atoms with Gasteiger partial charge < -0.3 is 17.7 Å². The van der Waals surface area contributed by atoms with Crippen LogP contribution >= 0.6 is 0 Å². The first-order valence-electron chi connectivity index (χ1n) is 15.4. The van der Waals surface area contributed by atoms with Gasteiger partial charge in [-0.25, -0.2) is 0 Å². The second kappa shape index (κ2) is 8.68. The SMILES string of the molecule is c1cc(-c2c3oc4ccccc4c3cc3c2oc2ccccc23)cc(-c2c3oc4ccccc4c3cc3c2oc2ccccc23)c1. The average molecular weight is 591 g/mol. The van der Waals surface area contributed by atoms with Crippen molar-refractivity contribution in [2.24, 2.45) is 0 Å². The van der Waals surface area contributed by atoms with Crippen molar-refractivity contribution in [3.63, 3.8) is 0 Å². The Morgan fingerprint density at radius 3 is 0.891 bits per heavy atom. The Kier molecular flexibility index (Phi) is 4.55. The molecule has 4 aromatic heterocycles. The van der Waals surface area contributed by atoms with E-state index in [2.05, 4.69) is 84.9 Å². The lowest BCUT2D eigenvalue weighted by Crippen LogP contribution is -1.85. The molecule has 0 saturated carbocycles. The van der Waals surface area contributed by atoms with Crippen LogP contribution in [0.25, 0.3) is 110 Å². The maximum atomic E-state index is 6.61. The largest absolute Gasteiger partial charge is 0.455 e. The van der Waals surface area contributed by atoms with Crippen molar-refractivity contribution in [3.05, 3.63) is 133 Å². The first-order chi connectivity index (χ1) is 22.8. The van der Waals surface area contributed by atoms with Crippen LogP contribution in [0.2, 0.25) is 0 Å². The molecular weight excluding hydrogens is 568 g/mol. The smallest absolute Gasteiger partial charge is 0.147 e. The third-order valence-electron chi connectivity index (χ3n) is 9.46. The summed E-state index contributed by atoms with van der Waals surface area (Å²) in [5.41, 5.74) is 10.5. The van der Waals surface area contributed by atoms with Gasteiger partial charge in [0.25, 0.3) is 0 Å². The normalized spacial score (nSPS) is 12.3. The molecule has 4 heteroatoms. The third-order valence-corrected chi connectivity index (χ3v) is 9.46. The molecule has 0 aliphatic carbocycles. The maximum absolute atomic E-state index is 6.61. The van der Waals surface area contributed by atoms with Crippen molar-refractivity contribution in [1.29, 1.82) is 0 Å². The molecule has 214 valence electrons. The lowest BCUT2D eigenvalue weighted by atomic mass is 9.94. The molecule has 11 aromatic rings. The molecular formula is C42H22O4. The fraction of sp³-hybridized carbons (Fsp3) is 0. The maximum Gasteiger partial charge on any atom is 0.147 e. The lowest BCUT2D eigenvalue weighted by Gasteiger charge is -2.09. The number of rotatable bonds is 2. The second-order valence-electron chi connectivity index (χ2n) is 12.0. The zero-order valence-corrected chi connectivity index (χ0v) is 24.3. The second-order valence-corrected chi connectivity index (χ2v) is 12.0. The number of fused-ring (bicyclic) bond motifs is 12. The van der Waals surface area contributed by atoms with Crippen molar-refractivity contribution in [2.45, 2.75) is 0 Å². The van der Waals surface area contributed by atoms with E-state index in [1.54, 1.807) is 0 Å². The van der Waals surface area contributed by atoms with Crippen LogP contribution < -0.4 is 0 Å². The number of benzene rings is 7. The molecule has 0 amide bonds. The van der Waals surface area contributed by atoms with Gasteiger partial charge in [-0.05, 0) is 53.6 Å². The summed E-state index contributed by atoms with van der Waals surface area (Å²) >= 11 is 0. The Morgan fingerprint density at radius 1 is 0.261 bits per heavy atom. The van der Waals surface area contributed by atoms with Crippen molar-refractivity contribution < 1.29 is 17.7 Å². The summed E-state index contributed by atoms with van der Waals surface area (Å²) in [6.45, 7) is 0.